The van der Waals surface area contributed by atoms with Crippen molar-refractivity contribution in [2.75, 3.05) is 20.6 Å². The number of nitro benzene ring substituents is 1. The number of rotatable bonds is 6. The van der Waals surface area contributed by atoms with Crippen LogP contribution in [0.1, 0.15) is 25.5 Å². The number of nitrogens with one attached hydrogen (secondary N) is 1. The van der Waals surface area contributed by atoms with Crippen molar-refractivity contribution in [3.63, 3.8) is 0 Å². The number of hydrogen-bond acceptors (Lipinski definition) is 4. The second kappa shape index (κ2) is 6.47. The van der Waals surface area contributed by atoms with Crippen LogP contribution in [0.4, 0.5) is 5.69 Å². The summed E-state index contributed by atoms with van der Waals surface area (Å²) in [7, 11) is 4.07. The average Bonchev–Trinajstić information content (AvgIpc) is 2.27. The molecule has 5 heteroatoms. The zero-order valence-corrected chi connectivity index (χ0v) is 11.4. The zero-order valence-electron chi connectivity index (χ0n) is 11.4. The summed E-state index contributed by atoms with van der Waals surface area (Å²) in [6.45, 7) is 5.15. The van der Waals surface area contributed by atoms with E-state index in [1.807, 2.05) is 14.1 Å². The SMILES string of the molecule is CC(CN(C)C)NC(C)c1ccc([N+](=O)[O-])cc1. The van der Waals surface area contributed by atoms with E-state index in [-0.39, 0.29) is 16.7 Å². The van der Waals surface area contributed by atoms with Gasteiger partial charge in [-0.1, -0.05) is 12.1 Å². The van der Waals surface area contributed by atoms with Crippen LogP contribution in [0, 0.1) is 10.1 Å². The van der Waals surface area contributed by atoms with Crippen molar-refractivity contribution in [3.05, 3.63) is 39.9 Å². The van der Waals surface area contributed by atoms with Crippen LogP contribution in [0.25, 0.3) is 0 Å². The van der Waals surface area contributed by atoms with Crippen LogP contribution in [0.3, 0.4) is 0 Å². The first kappa shape index (κ1) is 14.6. The molecule has 0 saturated carbocycles. The van der Waals surface area contributed by atoms with Crippen molar-refractivity contribution in [2.24, 2.45) is 0 Å². The maximum Gasteiger partial charge on any atom is 0.269 e. The predicted molar refractivity (Wildman–Crippen MR) is 72.7 cm³/mol. The maximum atomic E-state index is 10.6. The molecular weight excluding hydrogens is 230 g/mol. The third-order valence-electron chi connectivity index (χ3n) is 2.78. The van der Waals surface area contributed by atoms with Gasteiger partial charge < -0.3 is 10.2 Å². The van der Waals surface area contributed by atoms with E-state index in [2.05, 4.69) is 24.1 Å². The van der Waals surface area contributed by atoms with Gasteiger partial charge in [-0.05, 0) is 33.5 Å². The van der Waals surface area contributed by atoms with Crippen LogP contribution in [0.2, 0.25) is 0 Å². The van der Waals surface area contributed by atoms with E-state index in [0.29, 0.717) is 6.04 Å². The minimum Gasteiger partial charge on any atom is -0.308 e. The Labute approximate surface area is 108 Å². The van der Waals surface area contributed by atoms with Crippen LogP contribution in [-0.2, 0) is 0 Å². The van der Waals surface area contributed by atoms with E-state index in [9.17, 15) is 10.1 Å². The molecule has 2 atom stereocenters. The Morgan fingerprint density at radius 1 is 1.28 bits per heavy atom. The molecule has 0 fully saturated rings. The van der Waals surface area contributed by atoms with Gasteiger partial charge in [-0.15, -0.1) is 0 Å². The number of nitro groups is 1. The fourth-order valence-electron chi connectivity index (χ4n) is 2.01. The molecule has 1 N–H and O–H groups in total. The highest BCUT2D eigenvalue weighted by Crippen LogP contribution is 2.17. The molecule has 0 aromatic heterocycles. The average molecular weight is 251 g/mol. The van der Waals surface area contributed by atoms with E-state index in [4.69, 9.17) is 0 Å². The van der Waals surface area contributed by atoms with Gasteiger partial charge in [-0.2, -0.15) is 0 Å². The lowest BCUT2D eigenvalue weighted by Crippen LogP contribution is -2.37. The van der Waals surface area contributed by atoms with Gasteiger partial charge >= 0.3 is 0 Å². The molecule has 0 radical (unpaired) electrons. The molecule has 0 saturated heterocycles. The van der Waals surface area contributed by atoms with E-state index in [1.54, 1.807) is 24.3 Å². The van der Waals surface area contributed by atoms with E-state index in [0.717, 1.165) is 12.1 Å². The smallest absolute Gasteiger partial charge is 0.269 e. The summed E-state index contributed by atoms with van der Waals surface area (Å²) >= 11 is 0. The standard InChI is InChI=1S/C13H21N3O2/c1-10(9-15(3)4)14-11(2)12-5-7-13(8-6-12)16(17)18/h5-8,10-11,14H,9H2,1-4H3. The largest absolute Gasteiger partial charge is 0.308 e. The number of non-ortho nitro benzene ring substituents is 1. The highest BCUT2D eigenvalue weighted by molar-refractivity contribution is 5.34. The van der Waals surface area contributed by atoms with Gasteiger partial charge in [-0.3, -0.25) is 10.1 Å². The maximum absolute atomic E-state index is 10.6. The van der Waals surface area contributed by atoms with Gasteiger partial charge in [0.15, 0.2) is 0 Å². The lowest BCUT2D eigenvalue weighted by atomic mass is 10.1. The molecule has 0 spiro atoms. The molecule has 18 heavy (non-hydrogen) atoms. The van der Waals surface area contributed by atoms with Crippen molar-refractivity contribution < 1.29 is 4.92 Å². The molecule has 0 amide bonds. The van der Waals surface area contributed by atoms with E-state index in [1.165, 1.54) is 0 Å². The van der Waals surface area contributed by atoms with Gasteiger partial charge in [0.05, 0.1) is 4.92 Å². The van der Waals surface area contributed by atoms with Crippen molar-refractivity contribution >= 4 is 5.69 Å². The molecule has 1 aromatic rings. The van der Waals surface area contributed by atoms with Gasteiger partial charge in [0.25, 0.3) is 5.69 Å². The van der Waals surface area contributed by atoms with Crippen molar-refractivity contribution in [1.29, 1.82) is 0 Å². The Bertz CT molecular complexity index is 390. The van der Waals surface area contributed by atoms with Gasteiger partial charge in [0.1, 0.15) is 0 Å². The topological polar surface area (TPSA) is 58.4 Å². The highest BCUT2D eigenvalue weighted by atomic mass is 16.6. The van der Waals surface area contributed by atoms with Crippen molar-refractivity contribution in [3.8, 4) is 0 Å². The fraction of sp³-hybridized carbons (Fsp3) is 0.538. The first-order valence-corrected chi connectivity index (χ1v) is 6.05. The molecule has 0 heterocycles. The normalized spacial score (nSPS) is 14.5. The van der Waals surface area contributed by atoms with Crippen LogP contribution in [-0.4, -0.2) is 36.5 Å². The predicted octanol–water partition coefficient (Wildman–Crippen LogP) is 2.20. The van der Waals surface area contributed by atoms with Crippen LogP contribution < -0.4 is 5.32 Å². The number of benzene rings is 1. The Hall–Kier alpha value is -1.46. The summed E-state index contributed by atoms with van der Waals surface area (Å²) in [6.07, 6.45) is 0. The van der Waals surface area contributed by atoms with Crippen molar-refractivity contribution in [1.82, 2.24) is 10.2 Å². The van der Waals surface area contributed by atoms with Crippen LogP contribution >= 0.6 is 0 Å². The minimum atomic E-state index is -0.378. The Morgan fingerprint density at radius 3 is 2.28 bits per heavy atom. The molecule has 5 nitrogen and oxygen atoms in total. The second-order valence-corrected chi connectivity index (χ2v) is 4.90. The Kier molecular flexibility index (Phi) is 5.25. The quantitative estimate of drug-likeness (QED) is 0.622. The van der Waals surface area contributed by atoms with Gasteiger partial charge in [0.2, 0.25) is 0 Å². The summed E-state index contributed by atoms with van der Waals surface area (Å²) < 4.78 is 0. The third-order valence-corrected chi connectivity index (χ3v) is 2.78. The molecule has 1 rings (SSSR count). The molecule has 2 unspecified atom stereocenters. The van der Waals surface area contributed by atoms with Gasteiger partial charge in [-0.25, -0.2) is 0 Å². The van der Waals surface area contributed by atoms with E-state index >= 15 is 0 Å². The highest BCUT2D eigenvalue weighted by Gasteiger charge is 2.11. The summed E-state index contributed by atoms with van der Waals surface area (Å²) in [5.41, 5.74) is 1.19. The zero-order chi connectivity index (χ0) is 13.7. The Morgan fingerprint density at radius 2 is 1.83 bits per heavy atom. The molecule has 1 aromatic carbocycles. The monoisotopic (exact) mass is 251 g/mol. The van der Waals surface area contributed by atoms with Crippen LogP contribution in [0.5, 0.6) is 0 Å². The number of hydrogen-bond donors (Lipinski definition) is 1. The summed E-state index contributed by atoms with van der Waals surface area (Å²) in [4.78, 5) is 12.3. The van der Waals surface area contributed by atoms with Crippen molar-refractivity contribution in [2.45, 2.75) is 25.9 Å². The van der Waals surface area contributed by atoms with E-state index < -0.39 is 0 Å². The fourth-order valence-corrected chi connectivity index (χ4v) is 2.01. The molecule has 0 aliphatic heterocycles. The summed E-state index contributed by atoms with van der Waals surface area (Å²) in [5.74, 6) is 0. The Balaban J connectivity index is 2.61. The third kappa shape index (κ3) is 4.43. The summed E-state index contributed by atoms with van der Waals surface area (Å²) in [5, 5.41) is 14.0. The van der Waals surface area contributed by atoms with Crippen LogP contribution in [0.15, 0.2) is 24.3 Å². The molecule has 100 valence electrons. The second-order valence-electron chi connectivity index (χ2n) is 4.90. The number of likely N-dealkylation sites (N-methyl/N-ethyl adjacent to an activating group) is 1. The first-order valence-electron chi connectivity index (χ1n) is 6.05. The van der Waals surface area contributed by atoms with Gasteiger partial charge in [0, 0.05) is 30.8 Å². The molecule has 0 aliphatic carbocycles. The first-order chi connectivity index (χ1) is 8.40. The lowest BCUT2D eigenvalue weighted by molar-refractivity contribution is -0.384. The molecular formula is C13H21N3O2. The molecule has 0 aliphatic rings. The lowest BCUT2D eigenvalue weighted by Gasteiger charge is -2.23. The summed E-state index contributed by atoms with van der Waals surface area (Å²) in [6, 6.07) is 7.25. The number of nitrogens with zero attached hydrogens (tertiary/aromatic N) is 2. The minimum absolute atomic E-state index is 0.132. The molecule has 0 bridgehead atoms.